The highest BCUT2D eigenvalue weighted by atomic mass is 127. The van der Waals surface area contributed by atoms with E-state index in [9.17, 15) is 0 Å². The molecule has 6 heteroatoms. The Morgan fingerprint density at radius 1 is 1.30 bits per heavy atom. The lowest BCUT2D eigenvalue weighted by Crippen LogP contribution is -2.38. The van der Waals surface area contributed by atoms with Crippen molar-refractivity contribution in [3.8, 4) is 0 Å². The van der Waals surface area contributed by atoms with Gasteiger partial charge in [0.2, 0.25) is 0 Å². The number of aliphatic imine (C=N–C) groups is 1. The minimum absolute atomic E-state index is 0. The molecule has 20 heavy (non-hydrogen) atoms. The van der Waals surface area contributed by atoms with E-state index in [-0.39, 0.29) is 24.0 Å². The largest absolute Gasteiger partial charge is 0.382 e. The molecule has 0 aliphatic heterocycles. The quantitative estimate of drug-likeness (QED) is 0.308. The molecular formula is C14H25IN4O. The SMILES string of the molecule is CCNC(=NCc1ccccn1)NCCCOCC.I. The first-order valence-corrected chi connectivity index (χ1v) is 6.86. The number of nitrogens with zero attached hydrogens (tertiary/aromatic N) is 2. The number of ether oxygens (including phenoxy) is 1. The molecule has 1 aromatic heterocycles. The first-order valence-electron chi connectivity index (χ1n) is 6.86. The van der Waals surface area contributed by atoms with E-state index in [4.69, 9.17) is 4.74 Å². The molecule has 2 N–H and O–H groups in total. The number of guanidine groups is 1. The van der Waals surface area contributed by atoms with Crippen LogP contribution < -0.4 is 10.6 Å². The van der Waals surface area contributed by atoms with Crippen LogP contribution >= 0.6 is 24.0 Å². The molecule has 0 amide bonds. The van der Waals surface area contributed by atoms with E-state index in [2.05, 4.69) is 27.5 Å². The normalized spacial score (nSPS) is 10.8. The maximum Gasteiger partial charge on any atom is 0.191 e. The van der Waals surface area contributed by atoms with Gasteiger partial charge in [-0.25, -0.2) is 4.99 Å². The summed E-state index contributed by atoms with van der Waals surface area (Å²) in [5.74, 6) is 0.824. The second-order valence-corrected chi connectivity index (χ2v) is 3.99. The number of rotatable bonds is 8. The average molecular weight is 392 g/mol. The summed E-state index contributed by atoms with van der Waals surface area (Å²) in [4.78, 5) is 8.74. The molecule has 0 saturated carbocycles. The van der Waals surface area contributed by atoms with Crippen LogP contribution in [-0.2, 0) is 11.3 Å². The lowest BCUT2D eigenvalue weighted by Gasteiger charge is -2.11. The Kier molecular flexibility index (Phi) is 12.5. The van der Waals surface area contributed by atoms with E-state index in [1.807, 2.05) is 25.1 Å². The zero-order valence-electron chi connectivity index (χ0n) is 12.3. The van der Waals surface area contributed by atoms with E-state index in [0.717, 1.165) is 44.4 Å². The van der Waals surface area contributed by atoms with Gasteiger partial charge in [-0.3, -0.25) is 4.98 Å². The Morgan fingerprint density at radius 3 is 2.80 bits per heavy atom. The molecule has 0 aromatic carbocycles. The molecule has 1 heterocycles. The van der Waals surface area contributed by atoms with E-state index in [1.165, 1.54) is 0 Å². The summed E-state index contributed by atoms with van der Waals surface area (Å²) in [6.07, 6.45) is 2.76. The molecule has 0 aliphatic rings. The Hall–Kier alpha value is -0.890. The van der Waals surface area contributed by atoms with Gasteiger partial charge in [0.05, 0.1) is 12.2 Å². The van der Waals surface area contributed by atoms with Crippen molar-refractivity contribution in [1.29, 1.82) is 0 Å². The van der Waals surface area contributed by atoms with Crippen molar-refractivity contribution in [1.82, 2.24) is 15.6 Å². The summed E-state index contributed by atoms with van der Waals surface area (Å²) < 4.78 is 5.29. The molecule has 0 fully saturated rings. The summed E-state index contributed by atoms with van der Waals surface area (Å²) in [5, 5.41) is 6.49. The molecule has 1 aromatic rings. The van der Waals surface area contributed by atoms with E-state index in [0.29, 0.717) is 6.54 Å². The van der Waals surface area contributed by atoms with Gasteiger partial charge in [-0.2, -0.15) is 0 Å². The van der Waals surface area contributed by atoms with Gasteiger partial charge in [0.1, 0.15) is 0 Å². The van der Waals surface area contributed by atoms with Gasteiger partial charge >= 0.3 is 0 Å². The van der Waals surface area contributed by atoms with Gasteiger partial charge in [-0.1, -0.05) is 6.07 Å². The number of hydrogen-bond acceptors (Lipinski definition) is 3. The van der Waals surface area contributed by atoms with Crippen molar-refractivity contribution in [2.45, 2.75) is 26.8 Å². The smallest absolute Gasteiger partial charge is 0.191 e. The molecule has 0 bridgehead atoms. The van der Waals surface area contributed by atoms with Gasteiger partial charge in [0, 0.05) is 32.5 Å². The lowest BCUT2D eigenvalue weighted by atomic mass is 10.3. The first kappa shape index (κ1) is 19.1. The molecule has 0 unspecified atom stereocenters. The fourth-order valence-corrected chi connectivity index (χ4v) is 1.52. The van der Waals surface area contributed by atoms with Crippen LogP contribution in [0.15, 0.2) is 29.4 Å². The van der Waals surface area contributed by atoms with Crippen LogP contribution in [0.3, 0.4) is 0 Å². The topological polar surface area (TPSA) is 58.5 Å². The first-order chi connectivity index (χ1) is 9.36. The predicted octanol–water partition coefficient (Wildman–Crippen LogP) is 2.18. The van der Waals surface area contributed by atoms with Crippen LogP contribution in [0.5, 0.6) is 0 Å². The van der Waals surface area contributed by atoms with Crippen molar-refractivity contribution in [2.24, 2.45) is 4.99 Å². The standard InChI is InChI=1S/C14H24N4O.HI/c1-3-15-14(17-10-7-11-19-4-2)18-12-13-8-5-6-9-16-13;/h5-6,8-9H,3-4,7,10-12H2,1-2H3,(H2,15,17,18);1H. The minimum atomic E-state index is 0. The third kappa shape index (κ3) is 9.08. The van der Waals surface area contributed by atoms with E-state index < -0.39 is 0 Å². The summed E-state index contributed by atoms with van der Waals surface area (Å²) in [7, 11) is 0. The zero-order valence-corrected chi connectivity index (χ0v) is 14.6. The van der Waals surface area contributed by atoms with Crippen molar-refractivity contribution in [3.05, 3.63) is 30.1 Å². The van der Waals surface area contributed by atoms with Crippen LogP contribution in [0.4, 0.5) is 0 Å². The monoisotopic (exact) mass is 392 g/mol. The number of halogens is 1. The van der Waals surface area contributed by atoms with Crippen molar-refractivity contribution in [3.63, 3.8) is 0 Å². The zero-order chi connectivity index (χ0) is 13.8. The Labute approximate surface area is 138 Å². The van der Waals surface area contributed by atoms with Crippen LogP contribution in [0.1, 0.15) is 26.0 Å². The number of hydrogen-bond donors (Lipinski definition) is 2. The number of aromatic nitrogens is 1. The second-order valence-electron chi connectivity index (χ2n) is 3.99. The molecule has 5 nitrogen and oxygen atoms in total. The molecule has 0 radical (unpaired) electrons. The maximum atomic E-state index is 5.29. The van der Waals surface area contributed by atoms with Crippen molar-refractivity contribution in [2.75, 3.05) is 26.3 Å². The Morgan fingerprint density at radius 2 is 2.15 bits per heavy atom. The lowest BCUT2D eigenvalue weighted by molar-refractivity contribution is 0.145. The summed E-state index contributed by atoms with van der Waals surface area (Å²) >= 11 is 0. The van der Waals surface area contributed by atoms with Crippen LogP contribution in [0, 0.1) is 0 Å². The molecule has 114 valence electrons. The molecule has 0 atom stereocenters. The highest BCUT2D eigenvalue weighted by Gasteiger charge is 1.97. The summed E-state index contributed by atoms with van der Waals surface area (Å²) in [6.45, 7) is 7.90. The molecule has 0 aliphatic carbocycles. The van der Waals surface area contributed by atoms with Gasteiger partial charge in [-0.05, 0) is 32.4 Å². The van der Waals surface area contributed by atoms with Crippen molar-refractivity contribution < 1.29 is 4.74 Å². The van der Waals surface area contributed by atoms with E-state index in [1.54, 1.807) is 6.20 Å². The van der Waals surface area contributed by atoms with Gasteiger partial charge in [0.15, 0.2) is 5.96 Å². The fourth-order valence-electron chi connectivity index (χ4n) is 1.52. The highest BCUT2D eigenvalue weighted by Crippen LogP contribution is 1.95. The second kappa shape index (κ2) is 13.1. The van der Waals surface area contributed by atoms with Crippen molar-refractivity contribution >= 4 is 29.9 Å². The number of pyridine rings is 1. The fraction of sp³-hybridized carbons (Fsp3) is 0.571. The predicted molar refractivity (Wildman–Crippen MR) is 93.6 cm³/mol. The van der Waals surface area contributed by atoms with E-state index >= 15 is 0 Å². The summed E-state index contributed by atoms with van der Waals surface area (Å²) in [6, 6.07) is 5.85. The average Bonchev–Trinajstić information content (AvgIpc) is 2.45. The highest BCUT2D eigenvalue weighted by molar-refractivity contribution is 14.0. The Balaban J connectivity index is 0.00000361. The van der Waals surface area contributed by atoms with Crippen LogP contribution in [0.25, 0.3) is 0 Å². The van der Waals surface area contributed by atoms with Gasteiger partial charge in [-0.15, -0.1) is 24.0 Å². The molecular weight excluding hydrogens is 367 g/mol. The number of nitrogens with one attached hydrogen (secondary N) is 2. The van der Waals surface area contributed by atoms with Crippen LogP contribution in [-0.4, -0.2) is 37.2 Å². The molecule has 1 rings (SSSR count). The third-order valence-corrected chi connectivity index (χ3v) is 2.43. The Bertz CT molecular complexity index is 359. The van der Waals surface area contributed by atoms with Crippen LogP contribution in [0.2, 0.25) is 0 Å². The summed E-state index contributed by atoms with van der Waals surface area (Å²) in [5.41, 5.74) is 0.967. The van der Waals surface area contributed by atoms with Gasteiger partial charge in [0.25, 0.3) is 0 Å². The molecule has 0 saturated heterocycles. The minimum Gasteiger partial charge on any atom is -0.382 e. The third-order valence-electron chi connectivity index (χ3n) is 2.43. The molecule has 0 spiro atoms. The maximum absolute atomic E-state index is 5.29. The van der Waals surface area contributed by atoms with Gasteiger partial charge < -0.3 is 15.4 Å².